The van der Waals surface area contributed by atoms with Crippen molar-refractivity contribution in [3.63, 3.8) is 0 Å². The van der Waals surface area contributed by atoms with Gasteiger partial charge in [-0.3, -0.25) is 9.97 Å². The second-order valence-corrected chi connectivity index (χ2v) is 15.3. The van der Waals surface area contributed by atoms with Crippen LogP contribution in [-0.2, 0) is 23.7 Å². The standard InChI is InChI=1S/C47H50N4/c1-9-33-25-27-48-42(29-33)44-30-34(10-2)31-45(50-44)43-32-36(26-28-49-43)12-11-35-13-19-39(20-14-35)51(40-21-15-37(16-22-40)46(3,4)5)41-23-17-38(18-24-41)47(6,7)8/h11-32H,9-10H2,1-8H3/b12-11+. The Bertz CT molecular complexity index is 2050. The third-order valence-corrected chi connectivity index (χ3v) is 9.44. The SMILES string of the molecule is CCc1ccnc(-c2cc(CC)cc(-c3cc(/C=C/c4ccc(N(c5ccc(C(C)(C)C)cc5)c5ccc(C(C)(C)C)cc5)cc4)ccn3)n2)c1. The van der Waals surface area contributed by atoms with Gasteiger partial charge in [0.15, 0.2) is 0 Å². The van der Waals surface area contributed by atoms with E-state index in [2.05, 4.69) is 181 Å². The molecule has 258 valence electrons. The van der Waals surface area contributed by atoms with Gasteiger partial charge in [-0.25, -0.2) is 4.98 Å². The van der Waals surface area contributed by atoms with Crippen LogP contribution in [0, 0.1) is 0 Å². The molecule has 0 atom stereocenters. The Kier molecular flexibility index (Phi) is 10.3. The summed E-state index contributed by atoms with van der Waals surface area (Å²) in [6.07, 6.45) is 9.91. The molecule has 6 rings (SSSR count). The van der Waals surface area contributed by atoms with Gasteiger partial charge in [0.05, 0.1) is 22.8 Å². The number of pyridine rings is 3. The van der Waals surface area contributed by atoms with E-state index in [0.717, 1.165) is 63.8 Å². The van der Waals surface area contributed by atoms with E-state index < -0.39 is 0 Å². The lowest BCUT2D eigenvalue weighted by Crippen LogP contribution is -2.14. The molecule has 3 aromatic heterocycles. The Morgan fingerprint density at radius 3 is 1.39 bits per heavy atom. The molecular formula is C47H50N4. The minimum absolute atomic E-state index is 0.0960. The second-order valence-electron chi connectivity index (χ2n) is 15.3. The summed E-state index contributed by atoms with van der Waals surface area (Å²) in [4.78, 5) is 16.7. The van der Waals surface area contributed by atoms with E-state index in [1.165, 1.54) is 22.3 Å². The van der Waals surface area contributed by atoms with Crippen molar-refractivity contribution in [2.75, 3.05) is 4.90 Å². The summed E-state index contributed by atoms with van der Waals surface area (Å²) in [5.74, 6) is 0. The smallest absolute Gasteiger partial charge is 0.0897 e. The van der Waals surface area contributed by atoms with E-state index in [1.807, 2.05) is 18.5 Å². The van der Waals surface area contributed by atoms with E-state index in [9.17, 15) is 0 Å². The van der Waals surface area contributed by atoms with Crippen molar-refractivity contribution in [2.24, 2.45) is 0 Å². The number of hydrogen-bond donors (Lipinski definition) is 0. The van der Waals surface area contributed by atoms with Gasteiger partial charge in [-0.05, 0) is 130 Å². The fourth-order valence-electron chi connectivity index (χ4n) is 6.17. The molecule has 0 unspecified atom stereocenters. The predicted molar refractivity (Wildman–Crippen MR) is 217 cm³/mol. The van der Waals surface area contributed by atoms with Crippen LogP contribution in [-0.4, -0.2) is 15.0 Å². The van der Waals surface area contributed by atoms with Gasteiger partial charge in [0.2, 0.25) is 0 Å². The largest absolute Gasteiger partial charge is 0.311 e. The first-order chi connectivity index (χ1) is 24.4. The molecule has 6 aromatic rings. The maximum absolute atomic E-state index is 5.01. The van der Waals surface area contributed by atoms with Gasteiger partial charge in [0.25, 0.3) is 0 Å². The van der Waals surface area contributed by atoms with E-state index in [-0.39, 0.29) is 10.8 Å². The van der Waals surface area contributed by atoms with Crippen LogP contribution in [0.15, 0.2) is 122 Å². The third-order valence-electron chi connectivity index (χ3n) is 9.44. The van der Waals surface area contributed by atoms with Crippen molar-refractivity contribution < 1.29 is 0 Å². The van der Waals surface area contributed by atoms with E-state index in [1.54, 1.807) is 0 Å². The number of nitrogens with zero attached hydrogens (tertiary/aromatic N) is 4. The average molecular weight is 671 g/mol. The molecule has 0 N–H and O–H groups in total. The number of hydrogen-bond acceptors (Lipinski definition) is 4. The molecule has 0 saturated heterocycles. The molecule has 3 heterocycles. The van der Waals surface area contributed by atoms with Crippen molar-refractivity contribution in [3.05, 3.63) is 155 Å². The first-order valence-corrected chi connectivity index (χ1v) is 18.1. The monoisotopic (exact) mass is 670 g/mol. The lowest BCUT2D eigenvalue weighted by atomic mass is 9.86. The van der Waals surface area contributed by atoms with Crippen LogP contribution in [0.3, 0.4) is 0 Å². The van der Waals surface area contributed by atoms with Crippen molar-refractivity contribution in [1.29, 1.82) is 0 Å². The zero-order valence-electron chi connectivity index (χ0n) is 31.4. The van der Waals surface area contributed by atoms with Gasteiger partial charge < -0.3 is 4.90 Å². The van der Waals surface area contributed by atoms with E-state index in [4.69, 9.17) is 9.97 Å². The highest BCUT2D eigenvalue weighted by atomic mass is 15.1. The van der Waals surface area contributed by atoms with Crippen LogP contribution < -0.4 is 4.90 Å². The Hall–Kier alpha value is -5.35. The van der Waals surface area contributed by atoms with Gasteiger partial charge in [-0.2, -0.15) is 0 Å². The molecule has 0 amide bonds. The predicted octanol–water partition coefficient (Wildman–Crippen LogP) is 12.6. The maximum atomic E-state index is 5.01. The van der Waals surface area contributed by atoms with Crippen molar-refractivity contribution in [3.8, 4) is 22.8 Å². The zero-order chi connectivity index (χ0) is 36.2. The quantitative estimate of drug-likeness (QED) is 0.153. The summed E-state index contributed by atoms with van der Waals surface area (Å²) in [6.45, 7) is 17.9. The fraction of sp³-hybridized carbons (Fsp3) is 0.255. The molecule has 0 aliphatic carbocycles. The highest BCUT2D eigenvalue weighted by molar-refractivity contribution is 5.79. The Morgan fingerprint density at radius 2 is 0.902 bits per heavy atom. The maximum Gasteiger partial charge on any atom is 0.0897 e. The van der Waals surface area contributed by atoms with Crippen LogP contribution >= 0.6 is 0 Å². The summed E-state index contributed by atoms with van der Waals surface area (Å²) in [5, 5.41) is 0. The topological polar surface area (TPSA) is 41.9 Å². The number of anilines is 3. The molecule has 3 aromatic carbocycles. The number of aromatic nitrogens is 3. The first kappa shape index (κ1) is 35.5. The number of aryl methyl sites for hydroxylation is 2. The van der Waals surface area contributed by atoms with Gasteiger partial charge >= 0.3 is 0 Å². The van der Waals surface area contributed by atoms with Crippen molar-refractivity contribution in [1.82, 2.24) is 15.0 Å². The van der Waals surface area contributed by atoms with Gasteiger partial charge in [0.1, 0.15) is 0 Å². The zero-order valence-corrected chi connectivity index (χ0v) is 31.4. The van der Waals surface area contributed by atoms with E-state index in [0.29, 0.717) is 0 Å². The highest BCUT2D eigenvalue weighted by Gasteiger charge is 2.18. The minimum atomic E-state index is 0.0960. The number of rotatable bonds is 9. The molecule has 4 heteroatoms. The molecule has 0 spiro atoms. The van der Waals surface area contributed by atoms with Crippen LogP contribution in [0.4, 0.5) is 17.1 Å². The molecule has 0 aliphatic rings. The summed E-state index contributed by atoms with van der Waals surface area (Å²) >= 11 is 0. The molecule has 4 nitrogen and oxygen atoms in total. The van der Waals surface area contributed by atoms with Gasteiger partial charge in [-0.15, -0.1) is 0 Å². The number of benzene rings is 3. The fourth-order valence-corrected chi connectivity index (χ4v) is 6.17. The molecule has 0 bridgehead atoms. The van der Waals surface area contributed by atoms with Gasteiger partial charge in [-0.1, -0.05) is 104 Å². The van der Waals surface area contributed by atoms with Crippen LogP contribution in [0.1, 0.15) is 88.8 Å². The van der Waals surface area contributed by atoms with E-state index >= 15 is 0 Å². The summed E-state index contributed by atoms with van der Waals surface area (Å²) in [6, 6.07) is 39.3. The molecule has 0 saturated carbocycles. The van der Waals surface area contributed by atoms with Gasteiger partial charge in [0, 0.05) is 29.5 Å². The molecule has 0 radical (unpaired) electrons. The summed E-state index contributed by atoms with van der Waals surface area (Å²) < 4.78 is 0. The Balaban J connectivity index is 1.27. The average Bonchev–Trinajstić information content (AvgIpc) is 3.14. The molecule has 0 fully saturated rings. The molecule has 0 aliphatic heterocycles. The second kappa shape index (κ2) is 14.9. The normalized spacial score (nSPS) is 12.0. The lowest BCUT2D eigenvalue weighted by molar-refractivity contribution is 0.590. The Morgan fingerprint density at radius 1 is 0.471 bits per heavy atom. The summed E-state index contributed by atoms with van der Waals surface area (Å²) in [7, 11) is 0. The van der Waals surface area contributed by atoms with Crippen LogP contribution in [0.5, 0.6) is 0 Å². The van der Waals surface area contributed by atoms with Crippen molar-refractivity contribution in [2.45, 2.75) is 79.1 Å². The van der Waals surface area contributed by atoms with Crippen LogP contribution in [0.25, 0.3) is 34.9 Å². The Labute approximate surface area is 305 Å². The summed E-state index contributed by atoms with van der Waals surface area (Å²) in [5.41, 5.74) is 14.4. The molecule has 51 heavy (non-hydrogen) atoms. The third kappa shape index (κ3) is 8.52. The van der Waals surface area contributed by atoms with Crippen LogP contribution in [0.2, 0.25) is 0 Å². The lowest BCUT2D eigenvalue weighted by Gasteiger charge is -2.28. The minimum Gasteiger partial charge on any atom is -0.311 e. The van der Waals surface area contributed by atoms with Crippen molar-refractivity contribution >= 4 is 29.2 Å². The first-order valence-electron chi connectivity index (χ1n) is 18.1. The highest BCUT2D eigenvalue weighted by Crippen LogP contribution is 2.37. The molecular weight excluding hydrogens is 621 g/mol.